The average molecular weight is 418 g/mol. The normalized spacial score (nSPS) is 20.6. The third kappa shape index (κ3) is 5.75. The van der Waals surface area contributed by atoms with Crippen LogP contribution in [-0.4, -0.2) is 11.9 Å². The Hall–Kier alpha value is -1.51. The van der Waals surface area contributed by atoms with Crippen LogP contribution < -0.4 is 5.32 Å². The Kier molecular flexibility index (Phi) is 7.42. The second-order valence-corrected chi connectivity index (χ2v) is 9.11. The molecule has 1 aliphatic rings. The SMILES string of the molecule is CC(Cc1ccc(C(=O)NC2CCCCC2C)cc1)Cc1ccc(Cl)c(Cl)c1. The molecular formula is C24H29Cl2NO. The summed E-state index contributed by atoms with van der Waals surface area (Å²) in [6.07, 6.45) is 6.70. The van der Waals surface area contributed by atoms with Crippen molar-refractivity contribution in [3.05, 3.63) is 69.2 Å². The molecule has 150 valence electrons. The molecule has 1 aliphatic carbocycles. The topological polar surface area (TPSA) is 29.1 Å². The summed E-state index contributed by atoms with van der Waals surface area (Å²) in [5.41, 5.74) is 3.19. The second kappa shape index (κ2) is 9.80. The average Bonchev–Trinajstić information content (AvgIpc) is 2.67. The molecule has 1 fully saturated rings. The summed E-state index contributed by atoms with van der Waals surface area (Å²) >= 11 is 12.1. The highest BCUT2D eigenvalue weighted by Crippen LogP contribution is 2.25. The molecule has 1 amide bonds. The lowest BCUT2D eigenvalue weighted by molar-refractivity contribution is 0.0910. The largest absolute Gasteiger partial charge is 0.349 e. The van der Waals surface area contributed by atoms with Crippen molar-refractivity contribution in [2.24, 2.45) is 11.8 Å². The fourth-order valence-corrected chi connectivity index (χ4v) is 4.44. The van der Waals surface area contributed by atoms with Crippen LogP contribution in [-0.2, 0) is 12.8 Å². The van der Waals surface area contributed by atoms with E-state index in [0.29, 0.717) is 27.9 Å². The van der Waals surface area contributed by atoms with Gasteiger partial charge in [0.25, 0.3) is 5.91 Å². The summed E-state index contributed by atoms with van der Waals surface area (Å²) < 4.78 is 0. The number of carbonyl (C=O) groups excluding carboxylic acids is 1. The highest BCUT2D eigenvalue weighted by Gasteiger charge is 2.23. The van der Waals surface area contributed by atoms with Crippen molar-refractivity contribution in [3.8, 4) is 0 Å². The first kappa shape index (κ1) is 21.2. The van der Waals surface area contributed by atoms with E-state index in [1.807, 2.05) is 30.3 Å². The summed E-state index contributed by atoms with van der Waals surface area (Å²) in [7, 11) is 0. The van der Waals surface area contributed by atoms with E-state index in [-0.39, 0.29) is 5.91 Å². The number of rotatable bonds is 6. The van der Waals surface area contributed by atoms with E-state index in [1.54, 1.807) is 0 Å². The molecular weight excluding hydrogens is 389 g/mol. The first-order valence-electron chi connectivity index (χ1n) is 10.3. The maximum Gasteiger partial charge on any atom is 0.251 e. The van der Waals surface area contributed by atoms with Crippen LogP contribution in [0.4, 0.5) is 0 Å². The van der Waals surface area contributed by atoms with Crippen LogP contribution in [0.25, 0.3) is 0 Å². The Morgan fingerprint density at radius 1 is 1.00 bits per heavy atom. The summed E-state index contributed by atoms with van der Waals surface area (Å²) in [5, 5.41) is 4.42. The third-order valence-corrected chi connectivity index (χ3v) is 6.54. The molecule has 3 unspecified atom stereocenters. The van der Waals surface area contributed by atoms with E-state index >= 15 is 0 Å². The van der Waals surface area contributed by atoms with Gasteiger partial charge >= 0.3 is 0 Å². The number of halogens is 2. The van der Waals surface area contributed by atoms with Crippen molar-refractivity contribution >= 4 is 29.1 Å². The zero-order valence-corrected chi connectivity index (χ0v) is 18.2. The molecule has 2 nitrogen and oxygen atoms in total. The van der Waals surface area contributed by atoms with Gasteiger partial charge in [-0.15, -0.1) is 0 Å². The maximum absolute atomic E-state index is 12.6. The van der Waals surface area contributed by atoms with Gasteiger partial charge in [-0.05, 0) is 72.9 Å². The zero-order valence-electron chi connectivity index (χ0n) is 16.7. The molecule has 0 heterocycles. The van der Waals surface area contributed by atoms with Crippen molar-refractivity contribution in [2.45, 2.75) is 58.4 Å². The monoisotopic (exact) mass is 417 g/mol. The van der Waals surface area contributed by atoms with E-state index in [1.165, 1.54) is 30.4 Å². The van der Waals surface area contributed by atoms with Crippen molar-refractivity contribution in [1.82, 2.24) is 5.32 Å². The van der Waals surface area contributed by atoms with Crippen molar-refractivity contribution in [1.29, 1.82) is 0 Å². The standard InChI is InChI=1S/C24H29Cl2NO/c1-16(14-19-9-12-21(25)22(26)15-19)13-18-7-10-20(11-8-18)24(28)27-23-6-4-3-5-17(23)2/h7-12,15-17,23H,3-6,13-14H2,1-2H3,(H,27,28). The first-order valence-corrected chi connectivity index (χ1v) is 11.0. The van der Waals surface area contributed by atoms with Gasteiger partial charge in [0.2, 0.25) is 0 Å². The number of hydrogen-bond donors (Lipinski definition) is 1. The van der Waals surface area contributed by atoms with Gasteiger partial charge in [0, 0.05) is 11.6 Å². The molecule has 2 aromatic carbocycles. The first-order chi connectivity index (χ1) is 13.4. The molecule has 0 aromatic heterocycles. The van der Waals surface area contributed by atoms with Crippen LogP contribution in [0.3, 0.4) is 0 Å². The Labute approximate surface area is 178 Å². The van der Waals surface area contributed by atoms with Gasteiger partial charge in [-0.25, -0.2) is 0 Å². The number of nitrogens with one attached hydrogen (secondary N) is 1. The van der Waals surface area contributed by atoms with E-state index in [9.17, 15) is 4.79 Å². The van der Waals surface area contributed by atoms with Gasteiger partial charge in [0.1, 0.15) is 0 Å². The molecule has 0 aliphatic heterocycles. The van der Waals surface area contributed by atoms with Gasteiger partial charge in [-0.3, -0.25) is 4.79 Å². The molecule has 1 N–H and O–H groups in total. The lowest BCUT2D eigenvalue weighted by Gasteiger charge is -2.29. The Balaban J connectivity index is 1.54. The zero-order chi connectivity index (χ0) is 20.1. The minimum absolute atomic E-state index is 0.0501. The predicted octanol–water partition coefficient (Wildman–Crippen LogP) is 6.72. The number of hydrogen-bond acceptors (Lipinski definition) is 1. The fraction of sp³-hybridized carbons (Fsp3) is 0.458. The third-order valence-electron chi connectivity index (χ3n) is 5.80. The molecule has 3 rings (SSSR count). The van der Waals surface area contributed by atoms with Gasteiger partial charge in [-0.2, -0.15) is 0 Å². The van der Waals surface area contributed by atoms with Crippen LogP contribution in [0, 0.1) is 11.8 Å². The van der Waals surface area contributed by atoms with Crippen LogP contribution >= 0.6 is 23.2 Å². The maximum atomic E-state index is 12.6. The Morgan fingerprint density at radius 2 is 1.64 bits per heavy atom. The van der Waals surface area contributed by atoms with Crippen LogP contribution in [0.2, 0.25) is 10.0 Å². The van der Waals surface area contributed by atoms with Crippen molar-refractivity contribution in [2.75, 3.05) is 0 Å². The minimum Gasteiger partial charge on any atom is -0.349 e. The smallest absolute Gasteiger partial charge is 0.251 e. The van der Waals surface area contributed by atoms with Gasteiger partial charge in [0.15, 0.2) is 0 Å². The van der Waals surface area contributed by atoms with Gasteiger partial charge in [0.05, 0.1) is 10.0 Å². The number of amides is 1. The minimum atomic E-state index is 0.0501. The van der Waals surface area contributed by atoms with Crippen molar-refractivity contribution < 1.29 is 4.79 Å². The second-order valence-electron chi connectivity index (χ2n) is 8.30. The molecule has 0 spiro atoms. The van der Waals surface area contributed by atoms with Crippen LogP contribution in [0.1, 0.15) is 61.0 Å². The molecule has 0 bridgehead atoms. The summed E-state index contributed by atoms with van der Waals surface area (Å²) in [5.74, 6) is 1.09. The molecule has 0 saturated heterocycles. The van der Waals surface area contributed by atoms with Crippen LogP contribution in [0.15, 0.2) is 42.5 Å². The molecule has 4 heteroatoms. The van der Waals surface area contributed by atoms with Crippen molar-refractivity contribution in [3.63, 3.8) is 0 Å². The highest BCUT2D eigenvalue weighted by molar-refractivity contribution is 6.42. The van der Waals surface area contributed by atoms with E-state index < -0.39 is 0 Å². The summed E-state index contributed by atoms with van der Waals surface area (Å²) in [4.78, 5) is 12.6. The lowest BCUT2D eigenvalue weighted by Crippen LogP contribution is -2.41. The molecule has 1 saturated carbocycles. The quantitative estimate of drug-likeness (QED) is 0.554. The van der Waals surface area contributed by atoms with E-state index in [4.69, 9.17) is 23.2 Å². The fourth-order valence-electron chi connectivity index (χ4n) is 4.12. The highest BCUT2D eigenvalue weighted by atomic mass is 35.5. The van der Waals surface area contributed by atoms with Crippen LogP contribution in [0.5, 0.6) is 0 Å². The van der Waals surface area contributed by atoms with Gasteiger partial charge < -0.3 is 5.32 Å². The molecule has 3 atom stereocenters. The molecule has 28 heavy (non-hydrogen) atoms. The Morgan fingerprint density at radius 3 is 2.32 bits per heavy atom. The summed E-state index contributed by atoms with van der Waals surface area (Å²) in [6.45, 7) is 4.47. The van der Waals surface area contributed by atoms with E-state index in [2.05, 4.69) is 31.3 Å². The predicted molar refractivity (Wildman–Crippen MR) is 118 cm³/mol. The van der Waals surface area contributed by atoms with Gasteiger partial charge in [-0.1, -0.05) is 68.1 Å². The number of benzene rings is 2. The summed E-state index contributed by atoms with van der Waals surface area (Å²) in [6, 6.07) is 14.2. The Bertz CT molecular complexity index is 803. The number of carbonyl (C=O) groups is 1. The molecule has 0 radical (unpaired) electrons. The van der Waals surface area contributed by atoms with E-state index in [0.717, 1.165) is 24.8 Å². The lowest BCUT2D eigenvalue weighted by atomic mass is 9.86. The molecule has 2 aromatic rings.